The van der Waals surface area contributed by atoms with E-state index in [1.54, 1.807) is 6.20 Å². The highest BCUT2D eigenvalue weighted by molar-refractivity contribution is 9.10. The van der Waals surface area contributed by atoms with Crippen LogP contribution in [0, 0.1) is 0 Å². The standard InChI is InChI=1S/C20H17BBrN3O2/c1-14(16-4-2-15(9-21)3-5-16)12-25-20(26)8-19(11-24-25)27-13-18-7-6-17(22)10-23-18/h2-8,10-11H,1,9,12-13H2. The van der Waals surface area contributed by atoms with Crippen LogP contribution < -0.4 is 10.3 Å². The largest absolute Gasteiger partial charge is 0.485 e. The second kappa shape index (κ2) is 8.82. The van der Waals surface area contributed by atoms with Gasteiger partial charge in [-0.05, 0) is 39.2 Å². The average molecular weight is 422 g/mol. The maximum absolute atomic E-state index is 12.3. The predicted octanol–water partition coefficient (Wildman–Crippen LogP) is 3.36. The van der Waals surface area contributed by atoms with Crippen molar-refractivity contribution in [2.45, 2.75) is 19.5 Å². The molecule has 0 aliphatic carbocycles. The molecule has 7 heteroatoms. The molecule has 1 aromatic carbocycles. The van der Waals surface area contributed by atoms with Gasteiger partial charge in [0.05, 0.1) is 26.3 Å². The van der Waals surface area contributed by atoms with Crippen molar-refractivity contribution in [2.75, 3.05) is 0 Å². The first-order chi connectivity index (χ1) is 13.0. The summed E-state index contributed by atoms with van der Waals surface area (Å²) in [6, 6.07) is 12.9. The zero-order valence-electron chi connectivity index (χ0n) is 14.6. The molecular weight excluding hydrogens is 405 g/mol. The van der Waals surface area contributed by atoms with Crippen molar-refractivity contribution < 1.29 is 4.74 Å². The minimum Gasteiger partial charge on any atom is -0.485 e. The molecule has 134 valence electrons. The van der Waals surface area contributed by atoms with Crippen molar-refractivity contribution in [2.24, 2.45) is 0 Å². The normalized spacial score (nSPS) is 10.6. The summed E-state index contributed by atoms with van der Waals surface area (Å²) in [5, 5.41) is 4.17. The number of hydrogen-bond donors (Lipinski definition) is 0. The summed E-state index contributed by atoms with van der Waals surface area (Å²) in [7, 11) is 5.61. The lowest BCUT2D eigenvalue weighted by molar-refractivity contribution is 0.297. The Morgan fingerprint density at radius 1 is 1.19 bits per heavy atom. The van der Waals surface area contributed by atoms with Crippen molar-refractivity contribution >= 4 is 29.3 Å². The minimum absolute atomic E-state index is 0.254. The molecule has 0 bridgehead atoms. The molecular formula is C20H17BBrN3O2. The highest BCUT2D eigenvalue weighted by Gasteiger charge is 2.06. The summed E-state index contributed by atoms with van der Waals surface area (Å²) >= 11 is 3.33. The van der Waals surface area contributed by atoms with E-state index in [1.165, 1.54) is 16.9 Å². The van der Waals surface area contributed by atoms with Gasteiger partial charge in [0.2, 0.25) is 0 Å². The van der Waals surface area contributed by atoms with Crippen LogP contribution in [-0.2, 0) is 19.5 Å². The Hall–Kier alpha value is -2.67. The number of ether oxygens (including phenoxy) is 1. The maximum Gasteiger partial charge on any atom is 0.270 e. The molecule has 27 heavy (non-hydrogen) atoms. The molecule has 0 aliphatic heterocycles. The van der Waals surface area contributed by atoms with Gasteiger partial charge < -0.3 is 4.74 Å². The molecule has 0 unspecified atom stereocenters. The maximum atomic E-state index is 12.3. The average Bonchev–Trinajstić information content (AvgIpc) is 2.69. The van der Waals surface area contributed by atoms with Crippen molar-refractivity contribution in [3.8, 4) is 5.75 Å². The van der Waals surface area contributed by atoms with Gasteiger partial charge in [-0.2, -0.15) is 5.10 Å². The summed E-state index contributed by atoms with van der Waals surface area (Å²) in [6.45, 7) is 4.61. The molecule has 2 heterocycles. The minimum atomic E-state index is -0.254. The number of pyridine rings is 1. The Labute approximate surface area is 167 Å². The van der Waals surface area contributed by atoms with Crippen LogP contribution in [0.3, 0.4) is 0 Å². The SMILES string of the molecule is [B]Cc1ccc(C(=C)Cn2ncc(OCc3ccc(Br)cn3)cc2=O)cc1. The highest BCUT2D eigenvalue weighted by Crippen LogP contribution is 2.15. The van der Waals surface area contributed by atoms with E-state index < -0.39 is 0 Å². The lowest BCUT2D eigenvalue weighted by Crippen LogP contribution is -2.22. The van der Waals surface area contributed by atoms with E-state index >= 15 is 0 Å². The van der Waals surface area contributed by atoms with E-state index in [2.05, 4.69) is 32.6 Å². The first kappa shape index (κ1) is 19.1. The number of aromatic nitrogens is 3. The summed E-state index contributed by atoms with van der Waals surface area (Å²) in [5.41, 5.74) is 3.29. The molecule has 0 fully saturated rings. The van der Waals surface area contributed by atoms with Crippen LogP contribution in [0.15, 0.2) is 70.7 Å². The van der Waals surface area contributed by atoms with Crippen LogP contribution in [0.5, 0.6) is 5.75 Å². The van der Waals surface area contributed by atoms with Crippen molar-refractivity contribution in [3.05, 3.63) is 93.1 Å². The van der Waals surface area contributed by atoms with E-state index in [0.717, 1.165) is 26.9 Å². The second-order valence-corrected chi connectivity index (χ2v) is 6.86. The summed E-state index contributed by atoms with van der Waals surface area (Å²) in [6.07, 6.45) is 3.71. The van der Waals surface area contributed by atoms with Crippen LogP contribution in [0.4, 0.5) is 0 Å². The van der Waals surface area contributed by atoms with Gasteiger partial charge in [-0.1, -0.05) is 42.7 Å². The van der Waals surface area contributed by atoms with E-state index in [1.807, 2.05) is 36.4 Å². The van der Waals surface area contributed by atoms with Gasteiger partial charge >= 0.3 is 0 Å². The summed E-state index contributed by atoms with van der Waals surface area (Å²) < 4.78 is 7.84. The number of nitrogens with zero attached hydrogens (tertiary/aromatic N) is 3. The first-order valence-electron chi connectivity index (χ1n) is 8.32. The van der Waals surface area contributed by atoms with Gasteiger partial charge in [0.1, 0.15) is 12.4 Å². The smallest absolute Gasteiger partial charge is 0.270 e. The fourth-order valence-electron chi connectivity index (χ4n) is 2.41. The van der Waals surface area contributed by atoms with Crippen LogP contribution in [0.1, 0.15) is 16.8 Å². The van der Waals surface area contributed by atoms with Crippen LogP contribution >= 0.6 is 15.9 Å². The van der Waals surface area contributed by atoms with Crippen molar-refractivity contribution in [1.82, 2.24) is 14.8 Å². The Balaban J connectivity index is 1.64. The molecule has 0 spiro atoms. The third-order valence-corrected chi connectivity index (χ3v) is 4.43. The lowest BCUT2D eigenvalue weighted by Gasteiger charge is -2.10. The van der Waals surface area contributed by atoms with E-state index in [-0.39, 0.29) is 12.2 Å². The monoisotopic (exact) mass is 421 g/mol. The van der Waals surface area contributed by atoms with Crippen LogP contribution in [0.25, 0.3) is 5.57 Å². The molecule has 0 atom stereocenters. The molecule has 3 rings (SSSR count). The van der Waals surface area contributed by atoms with Gasteiger partial charge in [0.25, 0.3) is 5.56 Å². The zero-order valence-corrected chi connectivity index (χ0v) is 16.2. The third-order valence-electron chi connectivity index (χ3n) is 3.96. The Morgan fingerprint density at radius 2 is 1.96 bits per heavy atom. The first-order valence-corrected chi connectivity index (χ1v) is 9.12. The predicted molar refractivity (Wildman–Crippen MR) is 110 cm³/mol. The third kappa shape index (κ3) is 5.17. The number of benzene rings is 1. The molecule has 2 aromatic heterocycles. The fraction of sp³-hybridized carbons (Fsp3) is 0.150. The Bertz CT molecular complexity index is 985. The fourth-order valence-corrected chi connectivity index (χ4v) is 2.65. The molecule has 0 N–H and O–H groups in total. The van der Waals surface area contributed by atoms with Crippen LogP contribution in [-0.4, -0.2) is 22.6 Å². The zero-order chi connectivity index (χ0) is 19.2. The molecule has 5 nitrogen and oxygen atoms in total. The van der Waals surface area contributed by atoms with Gasteiger partial charge in [-0.25, -0.2) is 4.68 Å². The highest BCUT2D eigenvalue weighted by atomic mass is 79.9. The quantitative estimate of drug-likeness (QED) is 0.549. The number of halogens is 1. The topological polar surface area (TPSA) is 57.0 Å². The second-order valence-electron chi connectivity index (χ2n) is 5.95. The summed E-state index contributed by atoms with van der Waals surface area (Å²) in [5.74, 6) is 0.402. The van der Waals surface area contributed by atoms with E-state index in [9.17, 15) is 4.79 Å². The molecule has 0 aliphatic rings. The van der Waals surface area contributed by atoms with Gasteiger partial charge in [0, 0.05) is 16.7 Å². The van der Waals surface area contributed by atoms with Gasteiger partial charge in [-0.3, -0.25) is 9.78 Å². The molecule has 3 aromatic rings. The molecule has 0 saturated heterocycles. The van der Waals surface area contributed by atoms with E-state index in [4.69, 9.17) is 12.6 Å². The van der Waals surface area contributed by atoms with Gasteiger partial charge in [0.15, 0.2) is 0 Å². The van der Waals surface area contributed by atoms with Crippen LogP contribution in [0.2, 0.25) is 0 Å². The molecule has 2 radical (unpaired) electrons. The molecule has 0 saturated carbocycles. The summed E-state index contributed by atoms with van der Waals surface area (Å²) in [4.78, 5) is 16.5. The van der Waals surface area contributed by atoms with E-state index in [0.29, 0.717) is 18.6 Å². The van der Waals surface area contributed by atoms with Crippen molar-refractivity contribution in [3.63, 3.8) is 0 Å². The Morgan fingerprint density at radius 3 is 2.59 bits per heavy atom. The van der Waals surface area contributed by atoms with Gasteiger partial charge in [-0.15, -0.1) is 0 Å². The van der Waals surface area contributed by atoms with Crippen molar-refractivity contribution in [1.29, 1.82) is 0 Å². The molecule has 0 amide bonds. The number of hydrogen-bond acceptors (Lipinski definition) is 4. The number of allylic oxidation sites excluding steroid dienone is 1. The number of rotatable bonds is 7. The lowest BCUT2D eigenvalue weighted by atomic mass is 9.95. The Kier molecular flexibility index (Phi) is 6.24.